The molecule has 4 heteroatoms. The molecule has 0 spiro atoms. The third kappa shape index (κ3) is 4.41. The quantitative estimate of drug-likeness (QED) is 0.183. The lowest BCUT2D eigenvalue weighted by Crippen LogP contribution is -2.10. The molecule has 0 atom stereocenters. The van der Waals surface area contributed by atoms with E-state index in [-0.39, 0.29) is 0 Å². The van der Waals surface area contributed by atoms with Gasteiger partial charge in [0.25, 0.3) is 0 Å². The van der Waals surface area contributed by atoms with Gasteiger partial charge in [0.15, 0.2) is 5.58 Å². The van der Waals surface area contributed by atoms with Crippen molar-refractivity contribution in [3.63, 3.8) is 0 Å². The number of rotatable bonds is 5. The van der Waals surface area contributed by atoms with Crippen LogP contribution in [0.1, 0.15) is 0 Å². The van der Waals surface area contributed by atoms with Crippen LogP contribution in [0.4, 0.5) is 17.1 Å². The Morgan fingerprint density at radius 2 is 0.904 bits per heavy atom. The summed E-state index contributed by atoms with van der Waals surface area (Å²) in [7, 11) is 0. The number of anilines is 3. The van der Waals surface area contributed by atoms with Crippen molar-refractivity contribution in [2.45, 2.75) is 0 Å². The summed E-state index contributed by atoms with van der Waals surface area (Å²) in [5.74, 6) is 0. The number of furan rings is 3. The number of hydrogen-bond acceptors (Lipinski definition) is 4. The molecule has 11 rings (SSSR count). The van der Waals surface area contributed by atoms with Crippen LogP contribution in [0.2, 0.25) is 0 Å². The van der Waals surface area contributed by atoms with E-state index in [2.05, 4.69) is 150 Å². The van der Waals surface area contributed by atoms with E-state index in [0.717, 1.165) is 105 Å². The van der Waals surface area contributed by atoms with Crippen molar-refractivity contribution in [3.8, 4) is 22.3 Å². The summed E-state index contributed by atoms with van der Waals surface area (Å²) in [6.45, 7) is 0. The lowest BCUT2D eigenvalue weighted by atomic mass is 10.00. The molecule has 52 heavy (non-hydrogen) atoms. The zero-order chi connectivity index (χ0) is 34.2. The smallest absolute Gasteiger partial charge is 0.159 e. The first-order valence-corrected chi connectivity index (χ1v) is 17.5. The van der Waals surface area contributed by atoms with Gasteiger partial charge >= 0.3 is 0 Å². The van der Waals surface area contributed by atoms with Crippen LogP contribution in [0.15, 0.2) is 189 Å². The molecule has 0 bridgehead atoms. The third-order valence-electron chi connectivity index (χ3n) is 10.3. The highest BCUT2D eigenvalue weighted by Crippen LogP contribution is 2.44. The summed E-state index contributed by atoms with van der Waals surface area (Å²) in [6, 6.07) is 61.3. The average molecular weight is 668 g/mol. The summed E-state index contributed by atoms with van der Waals surface area (Å²) < 4.78 is 19.4. The Hall–Kier alpha value is -7.04. The molecule has 3 heterocycles. The number of fused-ring (bicyclic) bond motifs is 9. The largest absolute Gasteiger partial charge is 0.456 e. The van der Waals surface area contributed by atoms with Gasteiger partial charge in [0.05, 0.1) is 11.4 Å². The van der Waals surface area contributed by atoms with Crippen molar-refractivity contribution in [2.24, 2.45) is 0 Å². The second-order valence-corrected chi connectivity index (χ2v) is 13.3. The fraction of sp³-hybridized carbons (Fsp3) is 0. The Morgan fingerprint density at radius 3 is 1.73 bits per heavy atom. The van der Waals surface area contributed by atoms with E-state index >= 15 is 0 Å². The molecule has 244 valence electrons. The van der Waals surface area contributed by atoms with Crippen LogP contribution in [0.25, 0.3) is 88.1 Å². The van der Waals surface area contributed by atoms with Gasteiger partial charge in [0.2, 0.25) is 0 Å². The summed E-state index contributed by atoms with van der Waals surface area (Å²) in [6.07, 6.45) is 0. The Labute approximate surface area is 298 Å². The van der Waals surface area contributed by atoms with E-state index in [4.69, 9.17) is 13.3 Å². The van der Waals surface area contributed by atoms with Crippen molar-refractivity contribution in [2.75, 3.05) is 4.90 Å². The monoisotopic (exact) mass is 667 g/mol. The summed E-state index contributed by atoms with van der Waals surface area (Å²) in [4.78, 5) is 2.26. The first kappa shape index (κ1) is 28.8. The highest BCUT2D eigenvalue weighted by Gasteiger charge is 2.21. The van der Waals surface area contributed by atoms with E-state index in [1.807, 2.05) is 30.3 Å². The second kappa shape index (κ2) is 11.2. The molecule has 3 aromatic heterocycles. The van der Waals surface area contributed by atoms with Gasteiger partial charge in [0.1, 0.15) is 27.9 Å². The lowest BCUT2D eigenvalue weighted by molar-refractivity contribution is 0.667. The molecule has 0 aliphatic carbocycles. The molecule has 0 radical (unpaired) electrons. The highest BCUT2D eigenvalue weighted by molar-refractivity contribution is 6.12. The molecule has 0 unspecified atom stereocenters. The van der Waals surface area contributed by atoms with E-state index in [1.165, 1.54) is 0 Å². The minimum absolute atomic E-state index is 0.838. The van der Waals surface area contributed by atoms with Crippen molar-refractivity contribution < 1.29 is 13.3 Å². The van der Waals surface area contributed by atoms with Crippen LogP contribution in [-0.2, 0) is 0 Å². The summed E-state index contributed by atoms with van der Waals surface area (Å²) in [5, 5.41) is 6.59. The summed E-state index contributed by atoms with van der Waals surface area (Å²) in [5.41, 5.74) is 12.6. The average Bonchev–Trinajstić information content (AvgIpc) is 3.90. The zero-order valence-electron chi connectivity index (χ0n) is 27.9. The Morgan fingerprint density at radius 1 is 0.308 bits per heavy atom. The number of para-hydroxylation sites is 4. The maximum Gasteiger partial charge on any atom is 0.159 e. The van der Waals surface area contributed by atoms with Crippen molar-refractivity contribution in [3.05, 3.63) is 176 Å². The van der Waals surface area contributed by atoms with Crippen LogP contribution in [-0.4, -0.2) is 0 Å². The Bertz CT molecular complexity index is 3130. The van der Waals surface area contributed by atoms with Gasteiger partial charge in [0, 0.05) is 49.6 Å². The molecule has 4 nitrogen and oxygen atoms in total. The van der Waals surface area contributed by atoms with Gasteiger partial charge < -0.3 is 18.2 Å². The predicted molar refractivity (Wildman–Crippen MR) is 214 cm³/mol. The third-order valence-corrected chi connectivity index (χ3v) is 10.3. The molecule has 0 saturated carbocycles. The number of hydrogen-bond donors (Lipinski definition) is 0. The maximum atomic E-state index is 6.57. The van der Waals surface area contributed by atoms with Gasteiger partial charge in [-0.3, -0.25) is 0 Å². The minimum atomic E-state index is 0.838. The van der Waals surface area contributed by atoms with Crippen molar-refractivity contribution in [1.82, 2.24) is 0 Å². The first-order valence-electron chi connectivity index (χ1n) is 17.5. The van der Waals surface area contributed by atoms with E-state index in [9.17, 15) is 0 Å². The molecule has 0 saturated heterocycles. The summed E-state index contributed by atoms with van der Waals surface area (Å²) >= 11 is 0. The van der Waals surface area contributed by atoms with Crippen LogP contribution in [0, 0.1) is 0 Å². The number of benzene rings is 8. The van der Waals surface area contributed by atoms with Gasteiger partial charge in [-0.15, -0.1) is 0 Å². The van der Waals surface area contributed by atoms with Gasteiger partial charge in [-0.05, 0) is 71.3 Å². The zero-order valence-corrected chi connectivity index (χ0v) is 27.9. The van der Waals surface area contributed by atoms with Crippen LogP contribution in [0.3, 0.4) is 0 Å². The molecule has 0 N–H and O–H groups in total. The van der Waals surface area contributed by atoms with E-state index in [0.29, 0.717) is 0 Å². The minimum Gasteiger partial charge on any atom is -0.456 e. The normalized spacial score (nSPS) is 11.8. The molecular weight excluding hydrogens is 639 g/mol. The van der Waals surface area contributed by atoms with Crippen molar-refractivity contribution >= 4 is 82.9 Å². The maximum absolute atomic E-state index is 6.57. The number of nitrogens with zero attached hydrogens (tertiary/aromatic N) is 1. The lowest BCUT2D eigenvalue weighted by Gasteiger charge is -2.25. The molecule has 0 amide bonds. The SMILES string of the molecule is c1ccc(-c2cccc3c2oc2ccc(-c4ccc(N(c5ccc6c(c5)oc5ccccc56)c5cccc6c5oc5ccccc56)cc4)cc23)cc1. The molecule has 0 aliphatic rings. The standard InChI is InChI=1S/C48H29NO3/c1-2-10-31(11-3-1)35-14-8-15-40-41-28-32(22-27-45(41)51-47(35)40)30-20-23-33(24-21-30)49(34-25-26-38-36-12-4-6-18-43(36)50-46(38)29-34)42-17-9-16-39-37-13-5-7-19-44(37)52-48(39)42/h1-29H. The molecule has 0 fully saturated rings. The van der Waals surface area contributed by atoms with Crippen LogP contribution < -0.4 is 4.90 Å². The van der Waals surface area contributed by atoms with Crippen molar-refractivity contribution in [1.29, 1.82) is 0 Å². The van der Waals surface area contributed by atoms with Gasteiger partial charge in [-0.2, -0.15) is 0 Å². The van der Waals surface area contributed by atoms with Crippen LogP contribution >= 0.6 is 0 Å². The second-order valence-electron chi connectivity index (χ2n) is 13.3. The molecule has 11 aromatic rings. The molecular formula is C48H29NO3. The van der Waals surface area contributed by atoms with E-state index < -0.39 is 0 Å². The predicted octanol–water partition coefficient (Wildman–Crippen LogP) is 14.2. The fourth-order valence-electron chi connectivity index (χ4n) is 7.82. The van der Waals surface area contributed by atoms with Gasteiger partial charge in [-0.25, -0.2) is 0 Å². The van der Waals surface area contributed by atoms with Gasteiger partial charge in [-0.1, -0.05) is 115 Å². The highest BCUT2D eigenvalue weighted by atomic mass is 16.3. The first-order chi connectivity index (χ1) is 25.8. The fourth-order valence-corrected chi connectivity index (χ4v) is 7.82. The van der Waals surface area contributed by atoms with Crippen LogP contribution in [0.5, 0.6) is 0 Å². The Kier molecular flexibility index (Phi) is 6.22. The van der Waals surface area contributed by atoms with E-state index in [1.54, 1.807) is 0 Å². The molecule has 8 aromatic carbocycles. The Balaban J connectivity index is 1.05. The topological polar surface area (TPSA) is 42.7 Å². The molecule has 0 aliphatic heterocycles.